The molecule has 0 radical (unpaired) electrons. The van der Waals surface area contributed by atoms with Gasteiger partial charge in [0, 0.05) is 32.1 Å². The van der Waals surface area contributed by atoms with Crippen LogP contribution in [-0.2, 0) is 9.47 Å². The van der Waals surface area contributed by atoms with Crippen LogP contribution in [0.1, 0.15) is 32.6 Å². The molecule has 4 heteroatoms. The summed E-state index contributed by atoms with van der Waals surface area (Å²) < 4.78 is 11.3. The molecule has 0 aromatic rings. The maximum atomic E-state index is 5.93. The summed E-state index contributed by atoms with van der Waals surface area (Å²) in [7, 11) is 1.83. The molecule has 3 nitrogen and oxygen atoms in total. The molecule has 0 bridgehead atoms. The Morgan fingerprint density at radius 1 is 1.35 bits per heavy atom. The van der Waals surface area contributed by atoms with Gasteiger partial charge in [-0.25, -0.2) is 0 Å². The highest BCUT2D eigenvalue weighted by molar-refractivity contribution is 6.18. The van der Waals surface area contributed by atoms with Crippen molar-refractivity contribution in [2.75, 3.05) is 26.1 Å². The van der Waals surface area contributed by atoms with E-state index in [9.17, 15) is 0 Å². The fourth-order valence-corrected chi connectivity index (χ4v) is 3.30. The Labute approximate surface area is 109 Å². The summed E-state index contributed by atoms with van der Waals surface area (Å²) in [6, 6.07) is 0.658. The Morgan fingerprint density at radius 3 is 2.88 bits per heavy atom. The SMILES string of the molecule is COC1CCCC(N2CC(C)OC(CCl)C2)C1. The van der Waals surface area contributed by atoms with Gasteiger partial charge in [0.15, 0.2) is 0 Å². The van der Waals surface area contributed by atoms with Crippen LogP contribution >= 0.6 is 11.6 Å². The summed E-state index contributed by atoms with van der Waals surface area (Å²) in [5, 5.41) is 0. The molecule has 1 saturated carbocycles. The van der Waals surface area contributed by atoms with Crippen molar-refractivity contribution in [3.8, 4) is 0 Å². The Kier molecular flexibility index (Phi) is 5.10. The number of methoxy groups -OCH3 is 1. The fraction of sp³-hybridized carbons (Fsp3) is 1.00. The molecule has 100 valence electrons. The van der Waals surface area contributed by atoms with Crippen molar-refractivity contribution in [1.82, 2.24) is 4.90 Å². The molecule has 17 heavy (non-hydrogen) atoms. The third-order valence-electron chi connectivity index (χ3n) is 3.97. The predicted molar refractivity (Wildman–Crippen MR) is 69.7 cm³/mol. The summed E-state index contributed by atoms with van der Waals surface area (Å²) >= 11 is 5.93. The molecule has 2 rings (SSSR count). The van der Waals surface area contributed by atoms with Crippen molar-refractivity contribution in [3.63, 3.8) is 0 Å². The number of morpholine rings is 1. The van der Waals surface area contributed by atoms with Gasteiger partial charge in [0.05, 0.1) is 18.3 Å². The zero-order valence-electron chi connectivity index (χ0n) is 10.9. The molecule has 0 amide bonds. The molecule has 0 aromatic carbocycles. The Balaban J connectivity index is 1.91. The van der Waals surface area contributed by atoms with Gasteiger partial charge < -0.3 is 9.47 Å². The van der Waals surface area contributed by atoms with E-state index in [1.165, 1.54) is 19.3 Å². The van der Waals surface area contributed by atoms with Crippen LogP contribution in [0.2, 0.25) is 0 Å². The summed E-state index contributed by atoms with van der Waals surface area (Å²) in [5.74, 6) is 0.598. The van der Waals surface area contributed by atoms with E-state index in [4.69, 9.17) is 21.1 Å². The molecule has 0 aromatic heterocycles. The molecule has 1 heterocycles. The zero-order chi connectivity index (χ0) is 12.3. The van der Waals surface area contributed by atoms with Crippen LogP contribution in [0.4, 0.5) is 0 Å². The van der Waals surface area contributed by atoms with Gasteiger partial charge in [-0.05, 0) is 32.6 Å². The summed E-state index contributed by atoms with van der Waals surface area (Å²) in [6.07, 6.45) is 5.90. The molecular weight excluding hydrogens is 238 g/mol. The van der Waals surface area contributed by atoms with Crippen molar-refractivity contribution in [2.24, 2.45) is 0 Å². The van der Waals surface area contributed by atoms with E-state index < -0.39 is 0 Å². The van der Waals surface area contributed by atoms with Crippen LogP contribution < -0.4 is 0 Å². The van der Waals surface area contributed by atoms with Gasteiger partial charge in [-0.2, -0.15) is 0 Å². The van der Waals surface area contributed by atoms with Crippen molar-refractivity contribution in [2.45, 2.75) is 57.0 Å². The molecule has 0 N–H and O–H groups in total. The largest absolute Gasteiger partial charge is 0.381 e. The van der Waals surface area contributed by atoms with E-state index in [0.717, 1.165) is 19.5 Å². The number of halogens is 1. The van der Waals surface area contributed by atoms with Crippen LogP contribution in [0.15, 0.2) is 0 Å². The average Bonchev–Trinajstić information content (AvgIpc) is 2.38. The van der Waals surface area contributed by atoms with Gasteiger partial charge in [-0.1, -0.05) is 0 Å². The average molecular weight is 262 g/mol. The normalized spacial score (nSPS) is 40.4. The maximum Gasteiger partial charge on any atom is 0.0841 e. The van der Waals surface area contributed by atoms with Gasteiger partial charge in [0.1, 0.15) is 0 Å². The first-order chi connectivity index (χ1) is 8.22. The molecular formula is C13H24ClNO2. The van der Waals surface area contributed by atoms with Crippen molar-refractivity contribution in [3.05, 3.63) is 0 Å². The molecule has 1 aliphatic carbocycles. The quantitative estimate of drug-likeness (QED) is 0.728. The van der Waals surface area contributed by atoms with Crippen molar-refractivity contribution < 1.29 is 9.47 Å². The van der Waals surface area contributed by atoms with Gasteiger partial charge in [0.2, 0.25) is 0 Å². The minimum atomic E-state index is 0.198. The van der Waals surface area contributed by atoms with Gasteiger partial charge in [0.25, 0.3) is 0 Å². The molecule has 1 aliphatic heterocycles. The van der Waals surface area contributed by atoms with E-state index in [2.05, 4.69) is 11.8 Å². The van der Waals surface area contributed by atoms with Crippen molar-refractivity contribution >= 4 is 11.6 Å². The van der Waals surface area contributed by atoms with Gasteiger partial charge in [-0.15, -0.1) is 11.6 Å². The monoisotopic (exact) mass is 261 g/mol. The van der Waals surface area contributed by atoms with E-state index in [0.29, 0.717) is 24.1 Å². The third kappa shape index (κ3) is 3.57. The Hall–Kier alpha value is 0.170. The second-order valence-electron chi connectivity index (χ2n) is 5.36. The van der Waals surface area contributed by atoms with Crippen LogP contribution in [0.5, 0.6) is 0 Å². The number of hydrogen-bond acceptors (Lipinski definition) is 3. The summed E-state index contributed by atoms with van der Waals surface area (Å²) in [5.41, 5.74) is 0. The molecule has 2 aliphatic rings. The lowest BCUT2D eigenvalue weighted by Gasteiger charge is -2.43. The summed E-state index contributed by atoms with van der Waals surface area (Å²) in [4.78, 5) is 2.56. The molecule has 4 unspecified atom stereocenters. The van der Waals surface area contributed by atoms with Gasteiger partial charge in [-0.3, -0.25) is 4.90 Å². The van der Waals surface area contributed by atoms with E-state index in [1.54, 1.807) is 0 Å². The van der Waals surface area contributed by atoms with Gasteiger partial charge >= 0.3 is 0 Å². The first-order valence-electron chi connectivity index (χ1n) is 6.71. The topological polar surface area (TPSA) is 21.7 Å². The Morgan fingerprint density at radius 2 is 2.18 bits per heavy atom. The first kappa shape index (κ1) is 13.6. The highest BCUT2D eigenvalue weighted by Gasteiger charge is 2.32. The molecule has 4 atom stereocenters. The van der Waals surface area contributed by atoms with Crippen LogP contribution in [0, 0.1) is 0 Å². The van der Waals surface area contributed by atoms with E-state index >= 15 is 0 Å². The van der Waals surface area contributed by atoms with E-state index in [-0.39, 0.29) is 6.10 Å². The Bertz CT molecular complexity index is 239. The first-order valence-corrected chi connectivity index (χ1v) is 7.24. The number of alkyl halides is 1. The van der Waals surface area contributed by atoms with Crippen LogP contribution in [0.25, 0.3) is 0 Å². The smallest absolute Gasteiger partial charge is 0.0841 e. The number of nitrogens with zero attached hydrogens (tertiary/aromatic N) is 1. The molecule has 1 saturated heterocycles. The maximum absolute atomic E-state index is 5.93. The number of hydrogen-bond donors (Lipinski definition) is 0. The second kappa shape index (κ2) is 6.37. The number of rotatable bonds is 3. The zero-order valence-corrected chi connectivity index (χ0v) is 11.7. The summed E-state index contributed by atoms with van der Waals surface area (Å²) in [6.45, 7) is 4.16. The molecule has 2 fully saturated rings. The number of ether oxygens (including phenoxy) is 2. The fourth-order valence-electron chi connectivity index (χ4n) is 3.13. The lowest BCUT2D eigenvalue weighted by molar-refractivity contribution is -0.0901. The highest BCUT2D eigenvalue weighted by Crippen LogP contribution is 2.27. The van der Waals surface area contributed by atoms with Crippen LogP contribution in [-0.4, -0.2) is 55.3 Å². The standard InChI is InChI=1S/C13H24ClNO2/c1-10-8-15(9-13(7-14)17-10)11-4-3-5-12(6-11)16-2/h10-13H,3-9H2,1-2H3. The minimum absolute atomic E-state index is 0.198. The molecule has 0 spiro atoms. The second-order valence-corrected chi connectivity index (χ2v) is 5.66. The van der Waals surface area contributed by atoms with Crippen molar-refractivity contribution in [1.29, 1.82) is 0 Å². The van der Waals surface area contributed by atoms with Crippen LogP contribution in [0.3, 0.4) is 0 Å². The highest BCUT2D eigenvalue weighted by atomic mass is 35.5. The lowest BCUT2D eigenvalue weighted by atomic mass is 9.91. The minimum Gasteiger partial charge on any atom is -0.381 e. The third-order valence-corrected chi connectivity index (χ3v) is 4.32. The van der Waals surface area contributed by atoms with E-state index in [1.807, 2.05) is 7.11 Å². The predicted octanol–water partition coefficient (Wildman–Crippen LogP) is 2.27. The lowest BCUT2D eigenvalue weighted by Crippen LogP contribution is -2.53.